The molecule has 0 amide bonds. The highest BCUT2D eigenvalue weighted by molar-refractivity contribution is 5.76. The number of aliphatic hydroxyl groups is 1. The molecular weight excluding hydrogens is 294 g/mol. The summed E-state index contributed by atoms with van der Waals surface area (Å²) in [6, 6.07) is 9.66. The van der Waals surface area contributed by atoms with Crippen LogP contribution in [0.15, 0.2) is 36.5 Å². The second-order valence-corrected chi connectivity index (χ2v) is 6.08. The Morgan fingerprint density at radius 1 is 1.35 bits per heavy atom. The number of benzene rings is 1. The van der Waals surface area contributed by atoms with Gasteiger partial charge in [0.15, 0.2) is 0 Å². The van der Waals surface area contributed by atoms with Crippen molar-refractivity contribution in [2.24, 2.45) is 5.41 Å². The summed E-state index contributed by atoms with van der Waals surface area (Å²) in [6.07, 6.45) is 2.23. The Bertz CT molecular complexity index is 638. The van der Waals surface area contributed by atoms with E-state index in [1.165, 1.54) is 0 Å². The van der Waals surface area contributed by atoms with Gasteiger partial charge in [-0.15, -0.1) is 5.10 Å². The number of hydrogen-bond acceptors (Lipinski definition) is 5. The molecule has 124 valence electrons. The molecule has 1 N–H and O–H groups in total. The lowest BCUT2D eigenvalue weighted by atomic mass is 9.83. The van der Waals surface area contributed by atoms with Crippen LogP contribution in [0.4, 0.5) is 0 Å². The fraction of sp³-hybridized carbons (Fsp3) is 0.471. The number of rotatable bonds is 7. The van der Waals surface area contributed by atoms with Gasteiger partial charge in [0.2, 0.25) is 0 Å². The lowest BCUT2D eigenvalue weighted by molar-refractivity contribution is -0.154. The molecule has 1 aromatic carbocycles. The quantitative estimate of drug-likeness (QED) is 0.793. The van der Waals surface area contributed by atoms with Crippen LogP contribution in [0.25, 0.3) is 0 Å². The van der Waals surface area contributed by atoms with Gasteiger partial charge in [0, 0.05) is 0 Å². The summed E-state index contributed by atoms with van der Waals surface area (Å²) in [4.78, 5) is 12.2. The summed E-state index contributed by atoms with van der Waals surface area (Å²) >= 11 is 0. The van der Waals surface area contributed by atoms with Gasteiger partial charge in [-0.2, -0.15) is 0 Å². The van der Waals surface area contributed by atoms with E-state index in [2.05, 4.69) is 10.3 Å². The minimum atomic E-state index is -0.665. The first kappa shape index (κ1) is 17.1. The van der Waals surface area contributed by atoms with Gasteiger partial charge in [-0.3, -0.25) is 4.79 Å². The molecule has 0 spiro atoms. The molecule has 2 rings (SSSR count). The van der Waals surface area contributed by atoms with Crippen molar-refractivity contribution >= 4 is 5.97 Å². The Kier molecular flexibility index (Phi) is 5.50. The summed E-state index contributed by atoms with van der Waals surface area (Å²) in [7, 11) is 0. The zero-order chi connectivity index (χ0) is 16.9. The molecule has 6 nitrogen and oxygen atoms in total. The summed E-state index contributed by atoms with van der Waals surface area (Å²) in [5, 5.41) is 17.3. The van der Waals surface area contributed by atoms with E-state index < -0.39 is 5.41 Å². The molecule has 23 heavy (non-hydrogen) atoms. The molecule has 0 saturated heterocycles. The maximum atomic E-state index is 12.2. The molecule has 0 radical (unpaired) electrons. The normalized spacial score (nSPS) is 12.9. The fourth-order valence-corrected chi connectivity index (χ4v) is 2.47. The van der Waals surface area contributed by atoms with Crippen LogP contribution in [-0.4, -0.2) is 32.7 Å². The van der Waals surface area contributed by atoms with Crippen LogP contribution in [0.1, 0.15) is 44.5 Å². The van der Waals surface area contributed by atoms with E-state index in [-0.39, 0.29) is 18.6 Å². The number of ether oxygens (including phenoxy) is 1. The van der Waals surface area contributed by atoms with Gasteiger partial charge in [-0.1, -0.05) is 35.5 Å². The smallest absolute Gasteiger partial charge is 0.311 e. The van der Waals surface area contributed by atoms with Gasteiger partial charge >= 0.3 is 5.97 Å². The standard InChI is InChI=1S/C17H23N3O3/c1-4-23-16(22)17(2,3)10-15(13-8-6-5-7-9-13)20-11-14(12-21)18-19-20/h5-9,11,15,21H,4,10,12H2,1-3H3. The Hall–Kier alpha value is -2.21. The predicted molar refractivity (Wildman–Crippen MR) is 85.6 cm³/mol. The molecule has 1 unspecified atom stereocenters. The Morgan fingerprint density at radius 3 is 2.61 bits per heavy atom. The van der Waals surface area contributed by atoms with Crippen molar-refractivity contribution in [1.82, 2.24) is 15.0 Å². The van der Waals surface area contributed by atoms with Gasteiger partial charge < -0.3 is 9.84 Å². The maximum absolute atomic E-state index is 12.2. The Labute approximate surface area is 136 Å². The Morgan fingerprint density at radius 2 is 2.04 bits per heavy atom. The lowest BCUT2D eigenvalue weighted by Gasteiger charge is -2.28. The van der Waals surface area contributed by atoms with E-state index in [1.54, 1.807) is 17.8 Å². The maximum Gasteiger partial charge on any atom is 0.311 e. The number of carbonyl (C=O) groups is 1. The topological polar surface area (TPSA) is 77.2 Å². The molecule has 1 aromatic heterocycles. The molecule has 0 saturated carbocycles. The number of nitrogens with zero attached hydrogens (tertiary/aromatic N) is 3. The van der Waals surface area contributed by atoms with E-state index in [0.717, 1.165) is 5.56 Å². The van der Waals surface area contributed by atoms with Crippen LogP contribution in [0.3, 0.4) is 0 Å². The highest BCUT2D eigenvalue weighted by Crippen LogP contribution is 2.33. The zero-order valence-corrected chi connectivity index (χ0v) is 13.8. The van der Waals surface area contributed by atoms with Crippen LogP contribution in [0.5, 0.6) is 0 Å². The number of hydrogen-bond donors (Lipinski definition) is 1. The molecule has 1 atom stereocenters. The number of aromatic nitrogens is 3. The van der Waals surface area contributed by atoms with Gasteiger partial charge in [-0.05, 0) is 32.8 Å². The van der Waals surface area contributed by atoms with Crippen molar-refractivity contribution in [2.45, 2.75) is 39.8 Å². The van der Waals surface area contributed by atoms with Crippen molar-refractivity contribution in [1.29, 1.82) is 0 Å². The van der Waals surface area contributed by atoms with E-state index in [4.69, 9.17) is 4.74 Å². The third-order valence-corrected chi connectivity index (χ3v) is 3.76. The third kappa shape index (κ3) is 4.16. The SMILES string of the molecule is CCOC(=O)C(C)(C)CC(c1ccccc1)n1cc(CO)nn1. The fourth-order valence-electron chi connectivity index (χ4n) is 2.47. The lowest BCUT2D eigenvalue weighted by Crippen LogP contribution is -2.30. The van der Waals surface area contributed by atoms with Gasteiger partial charge in [-0.25, -0.2) is 4.68 Å². The summed E-state index contributed by atoms with van der Waals surface area (Å²) in [5.74, 6) is -0.233. The number of aliphatic hydroxyl groups excluding tert-OH is 1. The molecular formula is C17H23N3O3. The second kappa shape index (κ2) is 7.37. The molecule has 0 aliphatic carbocycles. The van der Waals surface area contributed by atoms with Crippen LogP contribution in [0, 0.1) is 5.41 Å². The molecule has 1 heterocycles. The minimum Gasteiger partial charge on any atom is -0.466 e. The average Bonchev–Trinajstić information content (AvgIpc) is 3.02. The van der Waals surface area contributed by atoms with Crippen LogP contribution < -0.4 is 0 Å². The van der Waals surface area contributed by atoms with Crippen molar-refractivity contribution in [3.63, 3.8) is 0 Å². The summed E-state index contributed by atoms with van der Waals surface area (Å²) in [6.45, 7) is 5.72. The van der Waals surface area contributed by atoms with E-state index >= 15 is 0 Å². The summed E-state index contributed by atoms with van der Waals surface area (Å²) in [5.41, 5.74) is 0.862. The van der Waals surface area contributed by atoms with Crippen LogP contribution in [0.2, 0.25) is 0 Å². The second-order valence-electron chi connectivity index (χ2n) is 6.08. The zero-order valence-electron chi connectivity index (χ0n) is 13.8. The first-order valence-corrected chi connectivity index (χ1v) is 7.71. The van der Waals surface area contributed by atoms with E-state index in [0.29, 0.717) is 18.7 Å². The van der Waals surface area contributed by atoms with E-state index in [1.807, 2.05) is 44.2 Å². The molecule has 0 aliphatic rings. The molecule has 6 heteroatoms. The predicted octanol–water partition coefficient (Wildman–Crippen LogP) is 2.34. The average molecular weight is 317 g/mol. The van der Waals surface area contributed by atoms with E-state index in [9.17, 15) is 9.90 Å². The molecule has 0 bridgehead atoms. The summed E-state index contributed by atoms with van der Waals surface area (Å²) < 4.78 is 6.88. The van der Waals surface area contributed by atoms with Crippen LogP contribution in [-0.2, 0) is 16.1 Å². The first-order valence-electron chi connectivity index (χ1n) is 7.71. The van der Waals surface area contributed by atoms with Crippen molar-refractivity contribution in [3.05, 3.63) is 47.8 Å². The molecule has 2 aromatic rings. The van der Waals surface area contributed by atoms with Gasteiger partial charge in [0.05, 0.1) is 30.9 Å². The molecule has 0 aliphatic heterocycles. The Balaban J connectivity index is 2.32. The van der Waals surface area contributed by atoms with Crippen molar-refractivity contribution < 1.29 is 14.6 Å². The number of esters is 1. The molecule has 0 fully saturated rings. The third-order valence-electron chi connectivity index (χ3n) is 3.76. The highest BCUT2D eigenvalue weighted by Gasteiger charge is 2.34. The van der Waals surface area contributed by atoms with Crippen molar-refractivity contribution in [2.75, 3.05) is 6.61 Å². The highest BCUT2D eigenvalue weighted by atomic mass is 16.5. The largest absolute Gasteiger partial charge is 0.466 e. The van der Waals surface area contributed by atoms with Gasteiger partial charge in [0.25, 0.3) is 0 Å². The number of carbonyl (C=O) groups excluding carboxylic acids is 1. The van der Waals surface area contributed by atoms with Crippen LogP contribution >= 0.6 is 0 Å². The first-order chi connectivity index (χ1) is 11.0. The van der Waals surface area contributed by atoms with Crippen molar-refractivity contribution in [3.8, 4) is 0 Å². The monoisotopic (exact) mass is 317 g/mol. The minimum absolute atomic E-state index is 0.164. The van der Waals surface area contributed by atoms with Gasteiger partial charge in [0.1, 0.15) is 5.69 Å².